The SMILES string of the molecule is CNCCc1cccc(N2CCN(C)CC2=O)c1. The van der Waals surface area contributed by atoms with E-state index >= 15 is 0 Å². The summed E-state index contributed by atoms with van der Waals surface area (Å²) in [6, 6.07) is 8.29. The molecule has 0 aromatic heterocycles. The van der Waals surface area contributed by atoms with Crippen LogP contribution in [-0.2, 0) is 11.2 Å². The van der Waals surface area contributed by atoms with E-state index in [9.17, 15) is 4.79 Å². The number of hydrogen-bond donors (Lipinski definition) is 1. The fraction of sp³-hybridized carbons (Fsp3) is 0.500. The number of carbonyl (C=O) groups excluding carboxylic acids is 1. The van der Waals surface area contributed by atoms with E-state index in [0.717, 1.165) is 31.7 Å². The van der Waals surface area contributed by atoms with Crippen molar-refractivity contribution in [2.75, 3.05) is 45.2 Å². The second-order valence-corrected chi connectivity index (χ2v) is 4.81. The number of likely N-dealkylation sites (N-methyl/N-ethyl adjacent to an activating group) is 2. The molecule has 4 heteroatoms. The second kappa shape index (κ2) is 5.98. The summed E-state index contributed by atoms with van der Waals surface area (Å²) in [4.78, 5) is 16.0. The predicted molar refractivity (Wildman–Crippen MR) is 73.9 cm³/mol. The largest absolute Gasteiger partial charge is 0.319 e. The average molecular weight is 247 g/mol. The van der Waals surface area contributed by atoms with Crippen molar-refractivity contribution < 1.29 is 4.79 Å². The fourth-order valence-corrected chi connectivity index (χ4v) is 2.21. The predicted octanol–water partition coefficient (Wildman–Crippen LogP) is 0.727. The van der Waals surface area contributed by atoms with Crippen molar-refractivity contribution in [1.82, 2.24) is 10.2 Å². The van der Waals surface area contributed by atoms with E-state index in [2.05, 4.69) is 22.3 Å². The lowest BCUT2D eigenvalue weighted by molar-refractivity contribution is -0.120. The zero-order valence-corrected chi connectivity index (χ0v) is 11.1. The highest BCUT2D eigenvalue weighted by Gasteiger charge is 2.22. The van der Waals surface area contributed by atoms with E-state index in [1.807, 2.05) is 31.1 Å². The van der Waals surface area contributed by atoms with Crippen molar-refractivity contribution in [3.05, 3.63) is 29.8 Å². The molecule has 2 rings (SSSR count). The van der Waals surface area contributed by atoms with Gasteiger partial charge in [-0.1, -0.05) is 12.1 Å². The number of nitrogens with zero attached hydrogens (tertiary/aromatic N) is 2. The van der Waals surface area contributed by atoms with Gasteiger partial charge in [0.25, 0.3) is 0 Å². The summed E-state index contributed by atoms with van der Waals surface area (Å²) in [6.45, 7) is 3.19. The molecule has 18 heavy (non-hydrogen) atoms. The fourth-order valence-electron chi connectivity index (χ4n) is 2.21. The van der Waals surface area contributed by atoms with Gasteiger partial charge in [-0.25, -0.2) is 0 Å². The summed E-state index contributed by atoms with van der Waals surface area (Å²) < 4.78 is 0. The smallest absolute Gasteiger partial charge is 0.241 e. The minimum atomic E-state index is 0.189. The van der Waals surface area contributed by atoms with Crippen LogP contribution in [0.1, 0.15) is 5.56 Å². The number of piperazine rings is 1. The monoisotopic (exact) mass is 247 g/mol. The Morgan fingerprint density at radius 3 is 2.89 bits per heavy atom. The average Bonchev–Trinajstić information content (AvgIpc) is 2.36. The number of benzene rings is 1. The van der Waals surface area contributed by atoms with Gasteiger partial charge in [0.05, 0.1) is 6.54 Å². The summed E-state index contributed by atoms with van der Waals surface area (Å²) in [5.74, 6) is 0.189. The minimum Gasteiger partial charge on any atom is -0.319 e. The summed E-state index contributed by atoms with van der Waals surface area (Å²) in [6.07, 6.45) is 0.992. The Balaban J connectivity index is 2.10. The molecule has 0 aliphatic carbocycles. The van der Waals surface area contributed by atoms with Gasteiger partial charge >= 0.3 is 0 Å². The van der Waals surface area contributed by atoms with E-state index in [1.165, 1.54) is 5.56 Å². The molecule has 0 radical (unpaired) electrons. The Morgan fingerprint density at radius 1 is 1.33 bits per heavy atom. The topological polar surface area (TPSA) is 35.6 Å². The number of anilines is 1. The second-order valence-electron chi connectivity index (χ2n) is 4.81. The molecule has 0 unspecified atom stereocenters. The van der Waals surface area contributed by atoms with Crippen LogP contribution in [0.4, 0.5) is 5.69 Å². The lowest BCUT2D eigenvalue weighted by Gasteiger charge is -2.32. The highest BCUT2D eigenvalue weighted by Crippen LogP contribution is 2.18. The molecule has 0 saturated carbocycles. The first kappa shape index (κ1) is 13.1. The number of carbonyl (C=O) groups is 1. The Hall–Kier alpha value is -1.39. The first-order valence-corrected chi connectivity index (χ1v) is 6.43. The Labute approximate surface area is 109 Å². The molecule has 98 valence electrons. The third-order valence-electron chi connectivity index (χ3n) is 3.30. The maximum absolute atomic E-state index is 12.0. The molecule has 1 N–H and O–H groups in total. The van der Waals surface area contributed by atoms with E-state index in [-0.39, 0.29) is 5.91 Å². The maximum atomic E-state index is 12.0. The molecule has 0 spiro atoms. The van der Waals surface area contributed by atoms with Gasteiger partial charge in [-0.3, -0.25) is 9.69 Å². The maximum Gasteiger partial charge on any atom is 0.241 e. The van der Waals surface area contributed by atoms with Gasteiger partial charge in [-0.2, -0.15) is 0 Å². The summed E-state index contributed by atoms with van der Waals surface area (Å²) in [7, 11) is 3.94. The van der Waals surface area contributed by atoms with E-state index in [4.69, 9.17) is 0 Å². The Bertz CT molecular complexity index is 419. The van der Waals surface area contributed by atoms with Gasteiger partial charge in [0.15, 0.2) is 0 Å². The van der Waals surface area contributed by atoms with Crippen molar-refractivity contribution in [3.63, 3.8) is 0 Å². The molecule has 1 aromatic carbocycles. The lowest BCUT2D eigenvalue weighted by Crippen LogP contribution is -2.48. The zero-order valence-electron chi connectivity index (χ0n) is 11.1. The van der Waals surface area contributed by atoms with Gasteiger partial charge in [-0.05, 0) is 44.8 Å². The van der Waals surface area contributed by atoms with Crippen LogP contribution in [0.15, 0.2) is 24.3 Å². The van der Waals surface area contributed by atoms with Crippen LogP contribution in [0.25, 0.3) is 0 Å². The van der Waals surface area contributed by atoms with E-state index < -0.39 is 0 Å². The molecule has 0 bridgehead atoms. The highest BCUT2D eigenvalue weighted by molar-refractivity contribution is 5.95. The van der Waals surface area contributed by atoms with Gasteiger partial charge < -0.3 is 10.2 Å². The van der Waals surface area contributed by atoms with Gasteiger partial charge in [0, 0.05) is 18.8 Å². The summed E-state index contributed by atoms with van der Waals surface area (Å²) >= 11 is 0. The van der Waals surface area contributed by atoms with Crippen LogP contribution in [0.5, 0.6) is 0 Å². The van der Waals surface area contributed by atoms with Crippen LogP contribution in [0, 0.1) is 0 Å². The molecule has 1 aliphatic heterocycles. The van der Waals surface area contributed by atoms with Crippen LogP contribution >= 0.6 is 0 Å². The van der Waals surface area contributed by atoms with Gasteiger partial charge in [0.1, 0.15) is 0 Å². The van der Waals surface area contributed by atoms with Gasteiger partial charge in [0.2, 0.25) is 5.91 Å². The first-order chi connectivity index (χ1) is 8.70. The normalized spacial score (nSPS) is 17.2. The van der Waals surface area contributed by atoms with Crippen LogP contribution in [0.3, 0.4) is 0 Å². The van der Waals surface area contributed by atoms with Crippen LogP contribution < -0.4 is 10.2 Å². The number of hydrogen-bond acceptors (Lipinski definition) is 3. The Morgan fingerprint density at radius 2 is 2.17 bits per heavy atom. The highest BCUT2D eigenvalue weighted by atomic mass is 16.2. The molecule has 1 amide bonds. The summed E-state index contributed by atoms with van der Waals surface area (Å²) in [5, 5.41) is 3.14. The van der Waals surface area contributed by atoms with E-state index in [1.54, 1.807) is 0 Å². The molecular formula is C14H21N3O. The molecule has 1 heterocycles. The number of nitrogens with one attached hydrogen (secondary N) is 1. The third kappa shape index (κ3) is 3.09. The van der Waals surface area contributed by atoms with Crippen molar-refractivity contribution in [3.8, 4) is 0 Å². The molecule has 4 nitrogen and oxygen atoms in total. The first-order valence-electron chi connectivity index (χ1n) is 6.43. The van der Waals surface area contributed by atoms with E-state index in [0.29, 0.717) is 6.54 Å². The quantitative estimate of drug-likeness (QED) is 0.852. The minimum absolute atomic E-state index is 0.189. The van der Waals surface area contributed by atoms with Crippen molar-refractivity contribution in [1.29, 1.82) is 0 Å². The zero-order chi connectivity index (χ0) is 13.0. The molecule has 1 saturated heterocycles. The molecule has 1 aliphatic rings. The Kier molecular flexibility index (Phi) is 4.33. The van der Waals surface area contributed by atoms with Crippen molar-refractivity contribution in [2.24, 2.45) is 0 Å². The van der Waals surface area contributed by atoms with Crippen molar-refractivity contribution >= 4 is 11.6 Å². The molecule has 1 aromatic rings. The molecular weight excluding hydrogens is 226 g/mol. The van der Waals surface area contributed by atoms with Crippen LogP contribution in [0.2, 0.25) is 0 Å². The molecule has 1 fully saturated rings. The van der Waals surface area contributed by atoms with Crippen LogP contribution in [-0.4, -0.2) is 51.1 Å². The standard InChI is InChI=1S/C14H21N3O/c1-15-7-6-12-4-3-5-13(10-12)17-9-8-16(2)11-14(17)18/h3-5,10,15H,6-9,11H2,1-2H3. The third-order valence-corrected chi connectivity index (χ3v) is 3.30. The number of rotatable bonds is 4. The summed E-state index contributed by atoms with van der Waals surface area (Å²) in [5.41, 5.74) is 2.30. The molecule has 0 atom stereocenters. The van der Waals surface area contributed by atoms with Gasteiger partial charge in [-0.15, -0.1) is 0 Å². The van der Waals surface area contributed by atoms with Crippen molar-refractivity contribution in [2.45, 2.75) is 6.42 Å². The lowest BCUT2D eigenvalue weighted by atomic mass is 10.1. The number of amides is 1.